The lowest BCUT2D eigenvalue weighted by atomic mass is 10.1. The molecule has 0 radical (unpaired) electrons. The van der Waals surface area contributed by atoms with Crippen molar-refractivity contribution in [1.82, 2.24) is 10.3 Å². The lowest BCUT2D eigenvalue weighted by molar-refractivity contribution is 0.644. The Balaban J connectivity index is 2.30. The van der Waals surface area contributed by atoms with E-state index >= 15 is 0 Å². The monoisotopic (exact) mass is 191 g/mol. The Kier molecular flexibility index (Phi) is 2.68. The van der Waals surface area contributed by atoms with E-state index in [4.69, 9.17) is 0 Å². The molecule has 0 aromatic carbocycles. The molecule has 1 aromatic rings. The van der Waals surface area contributed by atoms with Crippen molar-refractivity contribution in [3.63, 3.8) is 0 Å². The van der Waals surface area contributed by atoms with Crippen LogP contribution in [0.3, 0.4) is 0 Å². The number of aromatic nitrogens is 1. The van der Waals surface area contributed by atoms with Gasteiger partial charge in [-0.3, -0.25) is 0 Å². The molecule has 2 heterocycles. The van der Waals surface area contributed by atoms with Gasteiger partial charge in [0.15, 0.2) is 0 Å². The van der Waals surface area contributed by atoms with Crippen molar-refractivity contribution in [3.8, 4) is 0 Å². The van der Waals surface area contributed by atoms with Crippen molar-refractivity contribution in [2.24, 2.45) is 0 Å². The minimum Gasteiger partial charge on any atom is -0.362 e. The summed E-state index contributed by atoms with van der Waals surface area (Å²) >= 11 is 0. The fourth-order valence-electron chi connectivity index (χ4n) is 2.01. The van der Waals surface area contributed by atoms with Crippen LogP contribution < -0.4 is 10.2 Å². The number of anilines is 1. The van der Waals surface area contributed by atoms with Gasteiger partial charge in [-0.1, -0.05) is 6.07 Å². The highest BCUT2D eigenvalue weighted by molar-refractivity contribution is 5.47. The predicted molar refractivity (Wildman–Crippen MR) is 58.5 cm³/mol. The first-order valence-corrected chi connectivity index (χ1v) is 5.14. The predicted octanol–water partition coefficient (Wildman–Crippen LogP) is 1.57. The first-order chi connectivity index (χ1) is 6.79. The molecule has 0 saturated carbocycles. The summed E-state index contributed by atoms with van der Waals surface area (Å²) in [4.78, 5) is 6.49. The Morgan fingerprint density at radius 3 is 3.00 bits per heavy atom. The zero-order chi connectivity index (χ0) is 9.97. The minimum atomic E-state index is 0.501. The number of hydrogen-bond acceptors (Lipinski definition) is 3. The molecule has 1 aliphatic rings. The number of nitrogens with zero attached hydrogens (tertiary/aromatic N) is 2. The van der Waals surface area contributed by atoms with Gasteiger partial charge >= 0.3 is 0 Å². The fraction of sp³-hybridized carbons (Fsp3) is 0.545. The topological polar surface area (TPSA) is 28.2 Å². The van der Waals surface area contributed by atoms with Crippen LogP contribution in [0.15, 0.2) is 18.3 Å². The van der Waals surface area contributed by atoms with Gasteiger partial charge in [-0.25, -0.2) is 4.98 Å². The van der Waals surface area contributed by atoms with Crippen LogP contribution in [0.4, 0.5) is 5.82 Å². The van der Waals surface area contributed by atoms with Crippen LogP contribution in [0, 0.1) is 0 Å². The third-order valence-corrected chi connectivity index (χ3v) is 2.68. The van der Waals surface area contributed by atoms with Crippen LogP contribution in [0.2, 0.25) is 0 Å². The summed E-state index contributed by atoms with van der Waals surface area (Å²) in [6.07, 6.45) is 4.35. The number of hydrogen-bond donors (Lipinski definition) is 1. The van der Waals surface area contributed by atoms with Gasteiger partial charge in [-0.15, -0.1) is 0 Å². The van der Waals surface area contributed by atoms with Gasteiger partial charge in [0.2, 0.25) is 0 Å². The summed E-state index contributed by atoms with van der Waals surface area (Å²) in [5, 5.41) is 3.50. The van der Waals surface area contributed by atoms with E-state index in [0.717, 1.165) is 12.4 Å². The molecule has 0 amide bonds. The maximum atomic E-state index is 4.41. The van der Waals surface area contributed by atoms with E-state index in [9.17, 15) is 0 Å². The van der Waals surface area contributed by atoms with Gasteiger partial charge in [-0.05, 0) is 25.5 Å². The molecule has 0 spiro atoms. The smallest absolute Gasteiger partial charge is 0.132 e. The van der Waals surface area contributed by atoms with Crippen molar-refractivity contribution in [2.75, 3.05) is 25.5 Å². The molecular formula is C11H17N3. The van der Waals surface area contributed by atoms with Crippen molar-refractivity contribution >= 4 is 5.82 Å². The molecule has 1 fully saturated rings. The van der Waals surface area contributed by atoms with Gasteiger partial charge in [0.25, 0.3) is 0 Å². The van der Waals surface area contributed by atoms with E-state index in [1.807, 2.05) is 26.4 Å². The molecule has 1 N–H and O–H groups in total. The Bertz CT molecular complexity index is 303. The SMILES string of the molecule is CN(C)c1ncccc1[C@@H]1CCCN1. The van der Waals surface area contributed by atoms with E-state index in [0.29, 0.717) is 6.04 Å². The Morgan fingerprint density at radius 2 is 2.36 bits per heavy atom. The normalized spacial score (nSPS) is 21.1. The summed E-state index contributed by atoms with van der Waals surface area (Å²) in [6, 6.07) is 4.69. The Hall–Kier alpha value is -1.09. The van der Waals surface area contributed by atoms with Crippen LogP contribution in [-0.4, -0.2) is 25.6 Å². The maximum absolute atomic E-state index is 4.41. The molecule has 3 heteroatoms. The van der Waals surface area contributed by atoms with Crippen molar-refractivity contribution < 1.29 is 0 Å². The molecule has 2 rings (SSSR count). The lowest BCUT2D eigenvalue weighted by Crippen LogP contribution is -2.19. The largest absolute Gasteiger partial charge is 0.362 e. The molecule has 3 nitrogen and oxygen atoms in total. The van der Waals surface area contributed by atoms with E-state index in [1.54, 1.807) is 0 Å². The van der Waals surface area contributed by atoms with Crippen LogP contribution in [0.5, 0.6) is 0 Å². The number of nitrogens with one attached hydrogen (secondary N) is 1. The average Bonchev–Trinajstić information content (AvgIpc) is 2.70. The van der Waals surface area contributed by atoms with Crippen molar-refractivity contribution in [3.05, 3.63) is 23.9 Å². The summed E-state index contributed by atoms with van der Waals surface area (Å²) in [6.45, 7) is 1.13. The van der Waals surface area contributed by atoms with Gasteiger partial charge < -0.3 is 10.2 Å². The highest BCUT2D eigenvalue weighted by atomic mass is 15.1. The number of pyridine rings is 1. The zero-order valence-corrected chi connectivity index (χ0v) is 8.83. The standard InChI is InChI=1S/C11H17N3/c1-14(2)11-9(5-3-8-13-11)10-6-4-7-12-10/h3,5,8,10,12H,4,6-7H2,1-2H3/t10-/m0/s1. The minimum absolute atomic E-state index is 0.501. The molecule has 1 aliphatic heterocycles. The molecule has 0 unspecified atom stereocenters. The number of rotatable bonds is 2. The molecule has 0 aliphatic carbocycles. The van der Waals surface area contributed by atoms with Gasteiger partial charge in [0.05, 0.1) is 0 Å². The van der Waals surface area contributed by atoms with Crippen LogP contribution in [-0.2, 0) is 0 Å². The van der Waals surface area contributed by atoms with Gasteiger partial charge in [-0.2, -0.15) is 0 Å². The molecule has 1 atom stereocenters. The van der Waals surface area contributed by atoms with E-state index in [-0.39, 0.29) is 0 Å². The first-order valence-electron chi connectivity index (χ1n) is 5.14. The quantitative estimate of drug-likeness (QED) is 0.769. The molecule has 1 saturated heterocycles. The lowest BCUT2D eigenvalue weighted by Gasteiger charge is -2.19. The van der Waals surface area contributed by atoms with Crippen molar-refractivity contribution in [1.29, 1.82) is 0 Å². The van der Waals surface area contributed by atoms with E-state index in [2.05, 4.69) is 21.3 Å². The van der Waals surface area contributed by atoms with Crippen LogP contribution in [0.25, 0.3) is 0 Å². The molecule has 14 heavy (non-hydrogen) atoms. The van der Waals surface area contributed by atoms with Gasteiger partial charge in [0, 0.05) is 31.9 Å². The van der Waals surface area contributed by atoms with Gasteiger partial charge in [0.1, 0.15) is 5.82 Å². The Labute approximate surface area is 85.1 Å². The second-order valence-electron chi connectivity index (χ2n) is 3.96. The summed E-state index contributed by atoms with van der Waals surface area (Å²) < 4.78 is 0. The van der Waals surface area contributed by atoms with Crippen molar-refractivity contribution in [2.45, 2.75) is 18.9 Å². The molecule has 0 bridgehead atoms. The first kappa shape index (κ1) is 9.46. The molecular weight excluding hydrogens is 174 g/mol. The third-order valence-electron chi connectivity index (χ3n) is 2.68. The summed E-state index contributed by atoms with van der Waals surface area (Å²) in [7, 11) is 4.08. The zero-order valence-electron chi connectivity index (χ0n) is 8.83. The van der Waals surface area contributed by atoms with E-state index < -0.39 is 0 Å². The Morgan fingerprint density at radius 1 is 1.50 bits per heavy atom. The maximum Gasteiger partial charge on any atom is 0.132 e. The van der Waals surface area contributed by atoms with Crippen LogP contribution >= 0.6 is 0 Å². The highest BCUT2D eigenvalue weighted by Crippen LogP contribution is 2.28. The summed E-state index contributed by atoms with van der Waals surface area (Å²) in [5.74, 6) is 1.09. The molecule has 76 valence electrons. The van der Waals surface area contributed by atoms with E-state index in [1.165, 1.54) is 18.4 Å². The fourth-order valence-corrected chi connectivity index (χ4v) is 2.01. The highest BCUT2D eigenvalue weighted by Gasteiger charge is 2.20. The second kappa shape index (κ2) is 3.96. The average molecular weight is 191 g/mol. The third kappa shape index (κ3) is 1.73. The second-order valence-corrected chi connectivity index (χ2v) is 3.96. The summed E-state index contributed by atoms with van der Waals surface area (Å²) in [5.41, 5.74) is 1.33. The van der Waals surface area contributed by atoms with Crippen LogP contribution in [0.1, 0.15) is 24.4 Å². The molecule has 1 aromatic heterocycles.